The number of hydrogen-bond donors (Lipinski definition) is 3. The molecule has 0 spiro atoms. The molecule has 122 valence electrons. The lowest BCUT2D eigenvalue weighted by Crippen LogP contribution is -2.59. The lowest BCUT2D eigenvalue weighted by molar-refractivity contribution is -0.120. The SMILES string of the molecule is O=C(CNC1CN(CS(=O)O)C1)NCc1cccc(Cl)c1F. The number of carbonyl (C=O) groups excluding carboxylic acids is 1. The molecule has 6 nitrogen and oxygen atoms in total. The first-order chi connectivity index (χ1) is 10.5. The van der Waals surface area contributed by atoms with E-state index in [1.165, 1.54) is 6.07 Å². The molecule has 3 N–H and O–H groups in total. The maximum atomic E-state index is 13.6. The average Bonchev–Trinajstić information content (AvgIpc) is 2.42. The third kappa shape index (κ3) is 4.99. The number of hydrogen-bond acceptors (Lipinski definition) is 4. The van der Waals surface area contributed by atoms with Crippen molar-refractivity contribution in [1.29, 1.82) is 0 Å². The highest BCUT2D eigenvalue weighted by Gasteiger charge is 2.27. The highest BCUT2D eigenvalue weighted by Crippen LogP contribution is 2.17. The monoisotopic (exact) mass is 349 g/mol. The summed E-state index contributed by atoms with van der Waals surface area (Å²) in [7, 11) is 0. The maximum Gasteiger partial charge on any atom is 0.234 e. The van der Waals surface area contributed by atoms with E-state index in [0.717, 1.165) is 0 Å². The van der Waals surface area contributed by atoms with Gasteiger partial charge in [0.15, 0.2) is 11.1 Å². The van der Waals surface area contributed by atoms with Crippen LogP contribution in [0.2, 0.25) is 5.02 Å². The average molecular weight is 350 g/mol. The molecule has 2 rings (SSSR count). The molecular weight excluding hydrogens is 333 g/mol. The van der Waals surface area contributed by atoms with Gasteiger partial charge < -0.3 is 15.2 Å². The Labute approximate surface area is 135 Å². The van der Waals surface area contributed by atoms with E-state index in [-0.39, 0.29) is 35.9 Å². The van der Waals surface area contributed by atoms with Crippen LogP contribution >= 0.6 is 11.6 Å². The molecule has 0 radical (unpaired) electrons. The van der Waals surface area contributed by atoms with Crippen molar-refractivity contribution in [2.45, 2.75) is 12.6 Å². The smallest absolute Gasteiger partial charge is 0.234 e. The molecule has 1 aliphatic rings. The summed E-state index contributed by atoms with van der Waals surface area (Å²) in [6.07, 6.45) is 0. The summed E-state index contributed by atoms with van der Waals surface area (Å²) in [5.74, 6) is -0.647. The van der Waals surface area contributed by atoms with Crippen LogP contribution in [0.1, 0.15) is 5.56 Å². The van der Waals surface area contributed by atoms with E-state index in [0.29, 0.717) is 18.7 Å². The first kappa shape index (κ1) is 17.3. The number of carbonyl (C=O) groups is 1. The highest BCUT2D eigenvalue weighted by atomic mass is 35.5. The van der Waals surface area contributed by atoms with Crippen LogP contribution in [0.4, 0.5) is 4.39 Å². The molecule has 1 heterocycles. The van der Waals surface area contributed by atoms with E-state index < -0.39 is 16.9 Å². The van der Waals surface area contributed by atoms with Crippen LogP contribution in [0.15, 0.2) is 18.2 Å². The van der Waals surface area contributed by atoms with Gasteiger partial charge in [-0.1, -0.05) is 23.7 Å². The topological polar surface area (TPSA) is 81.7 Å². The van der Waals surface area contributed by atoms with Crippen molar-refractivity contribution >= 4 is 28.6 Å². The predicted molar refractivity (Wildman–Crippen MR) is 82.3 cm³/mol. The minimum atomic E-state index is -1.83. The molecule has 0 bridgehead atoms. The minimum Gasteiger partial charge on any atom is -0.351 e. The maximum absolute atomic E-state index is 13.6. The normalized spacial score (nSPS) is 17.0. The number of nitrogens with one attached hydrogen (secondary N) is 2. The van der Waals surface area contributed by atoms with Gasteiger partial charge in [0, 0.05) is 31.2 Å². The Kier molecular flexibility index (Phi) is 6.27. The van der Waals surface area contributed by atoms with E-state index >= 15 is 0 Å². The number of amides is 1. The molecule has 1 unspecified atom stereocenters. The molecule has 0 aliphatic carbocycles. The van der Waals surface area contributed by atoms with Crippen molar-refractivity contribution in [3.05, 3.63) is 34.6 Å². The van der Waals surface area contributed by atoms with E-state index in [2.05, 4.69) is 10.6 Å². The van der Waals surface area contributed by atoms with Crippen LogP contribution in [0.5, 0.6) is 0 Å². The molecule has 1 saturated heterocycles. The quantitative estimate of drug-likeness (QED) is 0.626. The Morgan fingerprint density at radius 1 is 1.50 bits per heavy atom. The molecule has 0 saturated carbocycles. The zero-order valence-electron chi connectivity index (χ0n) is 11.7. The third-order valence-corrected chi connectivity index (χ3v) is 4.19. The van der Waals surface area contributed by atoms with Crippen LogP contribution in [0, 0.1) is 5.82 Å². The van der Waals surface area contributed by atoms with Crippen molar-refractivity contribution in [1.82, 2.24) is 15.5 Å². The molecule has 22 heavy (non-hydrogen) atoms. The van der Waals surface area contributed by atoms with Crippen molar-refractivity contribution in [3.8, 4) is 0 Å². The molecular formula is C13H17ClFN3O3S. The van der Waals surface area contributed by atoms with Gasteiger partial charge in [0.1, 0.15) is 11.7 Å². The first-order valence-corrected chi connectivity index (χ1v) is 8.34. The molecule has 1 fully saturated rings. The van der Waals surface area contributed by atoms with Crippen LogP contribution in [-0.4, -0.2) is 51.1 Å². The molecule has 1 amide bonds. The number of rotatable bonds is 7. The van der Waals surface area contributed by atoms with Gasteiger partial charge in [-0.2, -0.15) is 0 Å². The van der Waals surface area contributed by atoms with Crippen LogP contribution in [0.3, 0.4) is 0 Å². The van der Waals surface area contributed by atoms with Gasteiger partial charge in [0.2, 0.25) is 5.91 Å². The molecule has 1 aromatic carbocycles. The second-order valence-electron chi connectivity index (χ2n) is 5.05. The zero-order valence-corrected chi connectivity index (χ0v) is 13.3. The van der Waals surface area contributed by atoms with Gasteiger partial charge in [0.25, 0.3) is 0 Å². The van der Waals surface area contributed by atoms with Gasteiger partial charge in [-0.15, -0.1) is 0 Å². The first-order valence-electron chi connectivity index (χ1n) is 6.68. The number of halogens is 2. The van der Waals surface area contributed by atoms with Crippen molar-refractivity contribution < 1.29 is 17.9 Å². The summed E-state index contributed by atoms with van der Waals surface area (Å²) in [6, 6.07) is 4.76. The fourth-order valence-corrected chi connectivity index (χ4v) is 2.86. The van der Waals surface area contributed by atoms with Gasteiger partial charge in [-0.25, -0.2) is 8.60 Å². The summed E-state index contributed by atoms with van der Waals surface area (Å²) in [5, 5.41) is 5.67. The van der Waals surface area contributed by atoms with Crippen molar-refractivity contribution in [2.24, 2.45) is 0 Å². The van der Waals surface area contributed by atoms with Crippen LogP contribution in [0.25, 0.3) is 0 Å². The molecule has 1 atom stereocenters. The summed E-state index contributed by atoms with van der Waals surface area (Å²) < 4.78 is 32.9. The van der Waals surface area contributed by atoms with E-state index in [1.54, 1.807) is 12.1 Å². The standard InChI is InChI=1S/C13H17ClFN3O3S/c14-11-3-1-2-9(13(11)15)4-17-12(19)5-16-10-6-18(7-10)8-22(20)21/h1-3,10,16H,4-8H2,(H,17,19)(H,20,21). The van der Waals surface area contributed by atoms with Gasteiger partial charge in [0.05, 0.1) is 11.6 Å². The van der Waals surface area contributed by atoms with Gasteiger partial charge >= 0.3 is 0 Å². The molecule has 9 heteroatoms. The fourth-order valence-electron chi connectivity index (χ4n) is 2.14. The number of likely N-dealkylation sites (tertiary alicyclic amines) is 1. The molecule has 0 aromatic heterocycles. The van der Waals surface area contributed by atoms with Crippen molar-refractivity contribution in [2.75, 3.05) is 25.5 Å². The Morgan fingerprint density at radius 3 is 2.91 bits per heavy atom. The van der Waals surface area contributed by atoms with Gasteiger partial charge in [-0.3, -0.25) is 9.69 Å². The Hall–Kier alpha value is -1.06. The lowest BCUT2D eigenvalue weighted by Gasteiger charge is -2.38. The lowest BCUT2D eigenvalue weighted by atomic mass is 10.1. The van der Waals surface area contributed by atoms with Crippen LogP contribution < -0.4 is 10.6 Å². The third-order valence-electron chi connectivity index (χ3n) is 3.31. The Bertz CT molecular complexity index is 569. The van der Waals surface area contributed by atoms with Gasteiger partial charge in [-0.05, 0) is 6.07 Å². The largest absolute Gasteiger partial charge is 0.351 e. The van der Waals surface area contributed by atoms with Crippen molar-refractivity contribution in [3.63, 3.8) is 0 Å². The highest BCUT2D eigenvalue weighted by molar-refractivity contribution is 7.79. The summed E-state index contributed by atoms with van der Waals surface area (Å²) >= 11 is 3.84. The summed E-state index contributed by atoms with van der Waals surface area (Å²) in [4.78, 5) is 13.5. The number of nitrogens with zero attached hydrogens (tertiary/aromatic N) is 1. The second kappa shape index (κ2) is 7.98. The second-order valence-corrected chi connectivity index (χ2v) is 6.36. The number of benzene rings is 1. The summed E-state index contributed by atoms with van der Waals surface area (Å²) in [5.41, 5.74) is 0.334. The van der Waals surface area contributed by atoms with E-state index in [4.69, 9.17) is 16.2 Å². The molecule has 1 aromatic rings. The zero-order chi connectivity index (χ0) is 16.1. The van der Waals surface area contributed by atoms with E-state index in [9.17, 15) is 13.4 Å². The van der Waals surface area contributed by atoms with E-state index in [1.807, 2.05) is 4.90 Å². The fraction of sp³-hybridized carbons (Fsp3) is 0.462. The molecule has 1 aliphatic heterocycles. The Morgan fingerprint density at radius 2 is 2.23 bits per heavy atom. The minimum absolute atomic E-state index is 0.0284. The Balaban J connectivity index is 1.65. The van der Waals surface area contributed by atoms with Crippen LogP contribution in [-0.2, 0) is 22.4 Å². The predicted octanol–water partition coefficient (Wildman–Crippen LogP) is 0.548. The summed E-state index contributed by atoms with van der Waals surface area (Å²) in [6.45, 7) is 1.45.